The topological polar surface area (TPSA) is 93.9 Å². The van der Waals surface area contributed by atoms with Crippen molar-refractivity contribution >= 4 is 49.0 Å². The summed E-state index contributed by atoms with van der Waals surface area (Å²) in [5.74, 6) is 0. The fraction of sp³-hybridized carbons (Fsp3) is 0.292. The highest BCUT2D eigenvalue weighted by Crippen LogP contribution is 2.31. The molecule has 0 radical (unpaired) electrons. The van der Waals surface area contributed by atoms with Crippen LogP contribution in [0, 0.1) is 0 Å². The zero-order valence-corrected chi connectivity index (χ0v) is 19.7. The Morgan fingerprint density at radius 1 is 1.18 bits per heavy atom. The average Bonchev–Trinajstić information content (AvgIpc) is 3.46. The molecule has 3 N–H and O–H groups in total. The third-order valence-corrected chi connectivity index (χ3v) is 7.94. The van der Waals surface area contributed by atoms with Crippen molar-refractivity contribution in [3.05, 3.63) is 65.5 Å². The number of halogens is 1. The van der Waals surface area contributed by atoms with E-state index in [0.717, 1.165) is 54.8 Å². The molecule has 5 rings (SSSR count). The number of para-hydroxylation sites is 1. The van der Waals surface area contributed by atoms with Gasteiger partial charge in [0.25, 0.3) is 0 Å². The van der Waals surface area contributed by atoms with E-state index in [-0.39, 0.29) is 4.90 Å². The second-order valence-corrected chi connectivity index (χ2v) is 10.5. The van der Waals surface area contributed by atoms with Crippen molar-refractivity contribution < 1.29 is 8.42 Å². The lowest BCUT2D eigenvalue weighted by atomic mass is 9.99. The molecule has 172 valence electrons. The van der Waals surface area contributed by atoms with Crippen molar-refractivity contribution in [3.63, 3.8) is 0 Å². The van der Waals surface area contributed by atoms with Gasteiger partial charge in [-0.1, -0.05) is 29.8 Å². The van der Waals surface area contributed by atoms with Crippen LogP contribution in [0.3, 0.4) is 0 Å². The number of hydrogen-bond donors (Lipinski definition) is 3. The molecule has 1 aliphatic heterocycles. The van der Waals surface area contributed by atoms with Crippen LogP contribution in [-0.2, 0) is 10.0 Å². The van der Waals surface area contributed by atoms with Crippen LogP contribution in [0.4, 0.5) is 0 Å². The molecule has 3 heterocycles. The molecular formula is C24H26ClN5O2S. The summed E-state index contributed by atoms with van der Waals surface area (Å²) >= 11 is 6.19. The first-order chi connectivity index (χ1) is 16.0. The van der Waals surface area contributed by atoms with Gasteiger partial charge in [0, 0.05) is 52.7 Å². The fourth-order valence-corrected chi connectivity index (χ4v) is 5.86. The first-order valence-electron chi connectivity index (χ1n) is 11.1. The van der Waals surface area contributed by atoms with E-state index in [1.54, 1.807) is 18.3 Å². The van der Waals surface area contributed by atoms with Gasteiger partial charge in [-0.2, -0.15) is 5.10 Å². The summed E-state index contributed by atoms with van der Waals surface area (Å²) in [7, 11) is -3.57. The Bertz CT molecular complexity index is 1420. The van der Waals surface area contributed by atoms with E-state index in [2.05, 4.69) is 37.1 Å². The standard InChI is InChI=1S/C24H26ClN5O2S/c25-19-6-7-22-20(14-19)21(16-26-22)17-8-12-30(13-9-17)11-2-1-10-28-33(31,32)23-5-3-4-18-15-27-29-24(18)23/h3-8,14-16,26,28H,1-2,9-13H2,(H,27,29). The first kappa shape index (κ1) is 22.2. The highest BCUT2D eigenvalue weighted by atomic mass is 35.5. The molecule has 0 saturated heterocycles. The lowest BCUT2D eigenvalue weighted by Crippen LogP contribution is -2.30. The van der Waals surface area contributed by atoms with E-state index in [1.165, 1.54) is 16.5 Å². The Balaban J connectivity index is 1.11. The molecule has 1 aliphatic rings. The fourth-order valence-electron chi connectivity index (χ4n) is 4.43. The quantitative estimate of drug-likeness (QED) is 0.320. The van der Waals surface area contributed by atoms with Gasteiger partial charge in [0.2, 0.25) is 10.0 Å². The van der Waals surface area contributed by atoms with E-state index in [9.17, 15) is 8.42 Å². The van der Waals surface area contributed by atoms with Gasteiger partial charge < -0.3 is 4.98 Å². The number of unbranched alkanes of at least 4 members (excludes halogenated alkanes) is 1. The third-order valence-electron chi connectivity index (χ3n) is 6.20. The molecule has 0 saturated carbocycles. The van der Waals surface area contributed by atoms with Crippen LogP contribution >= 0.6 is 11.6 Å². The van der Waals surface area contributed by atoms with Gasteiger partial charge in [-0.25, -0.2) is 13.1 Å². The molecule has 4 aromatic rings. The van der Waals surface area contributed by atoms with Crippen LogP contribution in [-0.4, -0.2) is 54.7 Å². The van der Waals surface area contributed by atoms with Gasteiger partial charge in [-0.3, -0.25) is 10.00 Å². The molecule has 9 heteroatoms. The monoisotopic (exact) mass is 483 g/mol. The molecule has 0 unspecified atom stereocenters. The normalized spacial score (nSPS) is 15.4. The number of fused-ring (bicyclic) bond motifs is 2. The van der Waals surface area contributed by atoms with Gasteiger partial charge in [0.1, 0.15) is 4.90 Å². The number of sulfonamides is 1. The number of nitrogens with one attached hydrogen (secondary N) is 3. The second kappa shape index (κ2) is 9.30. The maximum Gasteiger partial charge on any atom is 0.242 e. The van der Waals surface area contributed by atoms with E-state index in [4.69, 9.17) is 11.6 Å². The van der Waals surface area contributed by atoms with Gasteiger partial charge in [-0.15, -0.1) is 0 Å². The average molecular weight is 484 g/mol. The zero-order valence-electron chi connectivity index (χ0n) is 18.1. The summed E-state index contributed by atoms with van der Waals surface area (Å²) in [6.45, 7) is 3.25. The van der Waals surface area contributed by atoms with E-state index in [1.807, 2.05) is 24.3 Å². The van der Waals surface area contributed by atoms with Crippen molar-refractivity contribution in [2.75, 3.05) is 26.2 Å². The molecule has 0 spiro atoms. The number of rotatable bonds is 8. The zero-order chi connectivity index (χ0) is 22.8. The summed E-state index contributed by atoms with van der Waals surface area (Å²) in [6.07, 6.45) is 8.69. The van der Waals surface area contributed by atoms with Gasteiger partial charge in [0.05, 0.1) is 11.7 Å². The summed E-state index contributed by atoms with van der Waals surface area (Å²) in [6, 6.07) is 11.1. The summed E-state index contributed by atoms with van der Waals surface area (Å²) in [5, 5.41) is 9.42. The molecular weight excluding hydrogens is 458 g/mol. The molecule has 2 aromatic heterocycles. The smallest absolute Gasteiger partial charge is 0.242 e. The van der Waals surface area contributed by atoms with Crippen molar-refractivity contribution in [2.45, 2.75) is 24.2 Å². The Kier molecular flexibility index (Phi) is 6.25. The Morgan fingerprint density at radius 2 is 2.09 bits per heavy atom. The van der Waals surface area contributed by atoms with Crippen molar-refractivity contribution in [2.24, 2.45) is 0 Å². The van der Waals surface area contributed by atoms with Gasteiger partial charge in [0.15, 0.2) is 0 Å². The number of aromatic nitrogens is 3. The maximum absolute atomic E-state index is 12.7. The van der Waals surface area contributed by atoms with Gasteiger partial charge in [-0.05, 0) is 55.6 Å². The highest BCUT2D eigenvalue weighted by Gasteiger charge is 2.18. The SMILES string of the molecule is O=S(=O)(NCCCCN1CC=C(c2c[nH]c3ccc(Cl)cc23)CC1)c1cccc2cn[nH]c12. The summed E-state index contributed by atoms with van der Waals surface area (Å²) < 4.78 is 28.1. The third kappa shape index (κ3) is 4.70. The molecule has 0 atom stereocenters. The van der Waals surface area contributed by atoms with E-state index < -0.39 is 10.0 Å². The minimum Gasteiger partial charge on any atom is -0.361 e. The lowest BCUT2D eigenvalue weighted by Gasteiger charge is -2.26. The number of hydrogen-bond acceptors (Lipinski definition) is 4. The van der Waals surface area contributed by atoms with Crippen molar-refractivity contribution in [1.82, 2.24) is 24.8 Å². The molecule has 0 fully saturated rings. The second-order valence-electron chi connectivity index (χ2n) is 8.37. The van der Waals surface area contributed by atoms with Crippen LogP contribution in [0.5, 0.6) is 0 Å². The minimum absolute atomic E-state index is 0.241. The molecule has 33 heavy (non-hydrogen) atoms. The largest absolute Gasteiger partial charge is 0.361 e. The highest BCUT2D eigenvalue weighted by molar-refractivity contribution is 7.89. The van der Waals surface area contributed by atoms with Gasteiger partial charge >= 0.3 is 0 Å². The number of benzene rings is 2. The number of aromatic amines is 2. The molecule has 0 amide bonds. The molecule has 7 nitrogen and oxygen atoms in total. The van der Waals surface area contributed by atoms with Crippen LogP contribution in [0.15, 0.2) is 59.8 Å². The maximum atomic E-state index is 12.7. The Labute approximate surface area is 197 Å². The van der Waals surface area contributed by atoms with Crippen molar-refractivity contribution in [3.8, 4) is 0 Å². The molecule has 2 aromatic carbocycles. The summed E-state index contributed by atoms with van der Waals surface area (Å²) in [4.78, 5) is 5.98. The predicted octanol–water partition coefficient (Wildman–Crippen LogP) is 4.55. The van der Waals surface area contributed by atoms with Crippen LogP contribution in [0.1, 0.15) is 24.8 Å². The predicted molar refractivity (Wildman–Crippen MR) is 133 cm³/mol. The molecule has 0 bridgehead atoms. The summed E-state index contributed by atoms with van der Waals surface area (Å²) in [5.41, 5.74) is 4.22. The Morgan fingerprint density at radius 3 is 2.94 bits per heavy atom. The van der Waals surface area contributed by atoms with Crippen LogP contribution in [0.25, 0.3) is 27.4 Å². The minimum atomic E-state index is -3.57. The van der Waals surface area contributed by atoms with Crippen molar-refractivity contribution in [1.29, 1.82) is 0 Å². The van der Waals surface area contributed by atoms with E-state index in [0.29, 0.717) is 12.1 Å². The number of H-pyrrole nitrogens is 2. The molecule has 0 aliphatic carbocycles. The Hall–Kier alpha value is -2.65. The number of nitrogens with zero attached hydrogens (tertiary/aromatic N) is 2. The first-order valence-corrected chi connectivity index (χ1v) is 13.0. The van der Waals surface area contributed by atoms with Crippen LogP contribution in [0.2, 0.25) is 5.02 Å². The van der Waals surface area contributed by atoms with Crippen LogP contribution < -0.4 is 4.72 Å². The lowest BCUT2D eigenvalue weighted by molar-refractivity contribution is 0.295. The van der Waals surface area contributed by atoms with E-state index >= 15 is 0 Å².